The first-order valence-corrected chi connectivity index (χ1v) is 10.7. The average Bonchev–Trinajstić information content (AvgIpc) is 3.13. The van der Waals surface area contributed by atoms with Crippen molar-refractivity contribution in [3.8, 4) is 16.9 Å². The van der Waals surface area contributed by atoms with Crippen LogP contribution in [0.15, 0.2) is 60.8 Å². The summed E-state index contributed by atoms with van der Waals surface area (Å²) in [5, 5.41) is 12.1. The third-order valence-electron chi connectivity index (χ3n) is 4.82. The topological polar surface area (TPSA) is 62.8 Å². The van der Waals surface area contributed by atoms with E-state index in [2.05, 4.69) is 73.4 Å². The predicted molar refractivity (Wildman–Crippen MR) is 126 cm³/mol. The van der Waals surface area contributed by atoms with Gasteiger partial charge in [0.15, 0.2) is 0 Å². The molecule has 0 saturated carbocycles. The van der Waals surface area contributed by atoms with Crippen molar-refractivity contribution in [2.75, 3.05) is 13.7 Å². The predicted octanol–water partition coefficient (Wildman–Crippen LogP) is 5.09. The molecule has 0 fully saturated rings. The van der Waals surface area contributed by atoms with Crippen LogP contribution in [-0.2, 0) is 6.42 Å². The molecule has 0 unspecified atom stereocenters. The minimum Gasteiger partial charge on any atom is -0.490 e. The Morgan fingerprint density at radius 1 is 1.17 bits per heavy atom. The van der Waals surface area contributed by atoms with E-state index < -0.39 is 0 Å². The molecule has 0 aliphatic heterocycles. The highest BCUT2D eigenvalue weighted by Crippen LogP contribution is 2.32. The second-order valence-electron chi connectivity index (χ2n) is 6.77. The maximum atomic E-state index is 6.39. The number of halogens is 2. The average molecular weight is 519 g/mol. The standard InChI is InChI=1S/C22H20ClIN4O/c1-25-16(9-14-5-3-2-4-6-14)13-29-17-11-18(21(23)26-12-17)15-7-8-20-19(10-15)22(24)28-27-20/h2-8,10-12,16,25H,9,13H2,1H3,(H,27,28)/t16-/m1/s1. The Bertz CT molecular complexity index is 1120. The van der Waals surface area contributed by atoms with E-state index in [1.165, 1.54) is 5.56 Å². The molecule has 0 radical (unpaired) electrons. The first-order valence-electron chi connectivity index (χ1n) is 9.27. The molecule has 0 spiro atoms. The molecule has 2 heterocycles. The molecule has 5 nitrogen and oxygen atoms in total. The van der Waals surface area contributed by atoms with E-state index >= 15 is 0 Å². The molecule has 2 aromatic heterocycles. The van der Waals surface area contributed by atoms with Gasteiger partial charge in [0.2, 0.25) is 0 Å². The van der Waals surface area contributed by atoms with Gasteiger partial charge in [-0.05, 0) is 65.4 Å². The number of nitrogens with one attached hydrogen (secondary N) is 2. The zero-order valence-corrected chi connectivity index (χ0v) is 18.7. The summed E-state index contributed by atoms with van der Waals surface area (Å²) >= 11 is 8.63. The number of hydrogen-bond donors (Lipinski definition) is 2. The van der Waals surface area contributed by atoms with Gasteiger partial charge in [0.1, 0.15) is 21.2 Å². The maximum Gasteiger partial charge on any atom is 0.138 e. The Morgan fingerprint density at radius 2 is 2.00 bits per heavy atom. The van der Waals surface area contributed by atoms with Crippen molar-refractivity contribution in [3.05, 3.63) is 75.2 Å². The van der Waals surface area contributed by atoms with Crippen LogP contribution in [0.2, 0.25) is 5.15 Å². The van der Waals surface area contributed by atoms with Crippen LogP contribution in [0.25, 0.3) is 22.0 Å². The molecule has 148 valence electrons. The SMILES string of the molecule is CN[C@@H](COc1cnc(Cl)c(-c2ccc3n[nH]c(I)c3c2)c1)Cc1ccccc1. The van der Waals surface area contributed by atoms with Crippen molar-refractivity contribution in [1.82, 2.24) is 20.5 Å². The fourth-order valence-electron chi connectivity index (χ4n) is 3.20. The van der Waals surface area contributed by atoms with E-state index in [4.69, 9.17) is 16.3 Å². The number of rotatable bonds is 7. The molecule has 0 aliphatic rings. The molecule has 2 aromatic carbocycles. The number of fused-ring (bicyclic) bond motifs is 1. The van der Waals surface area contributed by atoms with E-state index in [1.54, 1.807) is 6.20 Å². The number of nitrogens with zero attached hydrogens (tertiary/aromatic N) is 2. The quantitative estimate of drug-likeness (QED) is 0.264. The van der Waals surface area contributed by atoms with Crippen molar-refractivity contribution in [2.45, 2.75) is 12.5 Å². The maximum absolute atomic E-state index is 6.39. The Labute approximate surface area is 188 Å². The molecule has 4 aromatic rings. The monoisotopic (exact) mass is 518 g/mol. The number of aromatic nitrogens is 3. The van der Waals surface area contributed by atoms with Gasteiger partial charge in [-0.1, -0.05) is 48.0 Å². The summed E-state index contributed by atoms with van der Waals surface area (Å²) in [6.45, 7) is 0.535. The Balaban J connectivity index is 1.52. The Kier molecular flexibility index (Phi) is 6.32. The molecule has 7 heteroatoms. The van der Waals surface area contributed by atoms with Crippen molar-refractivity contribution >= 4 is 45.1 Å². The lowest BCUT2D eigenvalue weighted by Gasteiger charge is -2.17. The molecule has 2 N–H and O–H groups in total. The van der Waals surface area contributed by atoms with Crippen molar-refractivity contribution < 1.29 is 4.74 Å². The lowest BCUT2D eigenvalue weighted by Crippen LogP contribution is -2.33. The van der Waals surface area contributed by atoms with Crippen molar-refractivity contribution in [2.24, 2.45) is 0 Å². The minimum atomic E-state index is 0.195. The zero-order valence-electron chi connectivity index (χ0n) is 15.8. The van der Waals surface area contributed by atoms with Crippen LogP contribution in [0.3, 0.4) is 0 Å². The third-order valence-corrected chi connectivity index (χ3v) is 5.94. The Hall–Kier alpha value is -2.16. The van der Waals surface area contributed by atoms with Gasteiger partial charge in [0.05, 0.1) is 11.7 Å². The number of aromatic amines is 1. The zero-order chi connectivity index (χ0) is 20.2. The van der Waals surface area contributed by atoms with Crippen molar-refractivity contribution in [1.29, 1.82) is 0 Å². The van der Waals surface area contributed by atoms with Crippen LogP contribution in [-0.4, -0.2) is 34.9 Å². The summed E-state index contributed by atoms with van der Waals surface area (Å²) in [5.41, 5.74) is 4.02. The lowest BCUT2D eigenvalue weighted by atomic mass is 10.1. The van der Waals surface area contributed by atoms with Crippen LogP contribution >= 0.6 is 34.2 Å². The lowest BCUT2D eigenvalue weighted by molar-refractivity contribution is 0.269. The number of pyridine rings is 1. The van der Waals surface area contributed by atoms with Crippen LogP contribution in [0.1, 0.15) is 5.56 Å². The second-order valence-corrected chi connectivity index (χ2v) is 8.20. The number of likely N-dealkylation sites (N-methyl/N-ethyl adjacent to an activating group) is 1. The number of benzene rings is 2. The van der Waals surface area contributed by atoms with Gasteiger partial charge in [-0.25, -0.2) is 4.98 Å². The van der Waals surface area contributed by atoms with E-state index in [-0.39, 0.29) is 6.04 Å². The summed E-state index contributed by atoms with van der Waals surface area (Å²) < 4.78 is 7.04. The summed E-state index contributed by atoms with van der Waals surface area (Å²) in [6.07, 6.45) is 2.56. The molecular formula is C22H20ClIN4O. The number of ether oxygens (including phenoxy) is 1. The third kappa shape index (κ3) is 4.71. The molecule has 29 heavy (non-hydrogen) atoms. The van der Waals surface area contributed by atoms with E-state index in [0.29, 0.717) is 17.5 Å². The number of hydrogen-bond acceptors (Lipinski definition) is 4. The van der Waals surface area contributed by atoms with E-state index in [0.717, 1.165) is 32.2 Å². The summed E-state index contributed by atoms with van der Waals surface area (Å²) in [4.78, 5) is 4.33. The first-order chi connectivity index (χ1) is 14.1. The van der Waals surface area contributed by atoms with Gasteiger partial charge in [-0.3, -0.25) is 5.10 Å². The van der Waals surface area contributed by atoms with Gasteiger partial charge in [0, 0.05) is 17.0 Å². The van der Waals surface area contributed by atoms with Crippen LogP contribution in [0.5, 0.6) is 5.75 Å². The van der Waals surface area contributed by atoms with Gasteiger partial charge in [0.25, 0.3) is 0 Å². The smallest absolute Gasteiger partial charge is 0.138 e. The first kappa shape index (κ1) is 20.1. The van der Waals surface area contributed by atoms with E-state index in [9.17, 15) is 0 Å². The fourth-order valence-corrected chi connectivity index (χ4v) is 3.96. The Morgan fingerprint density at radius 3 is 2.79 bits per heavy atom. The summed E-state index contributed by atoms with van der Waals surface area (Å²) in [7, 11) is 1.95. The molecular weight excluding hydrogens is 499 g/mol. The van der Waals surface area contributed by atoms with Gasteiger partial charge < -0.3 is 10.1 Å². The highest BCUT2D eigenvalue weighted by molar-refractivity contribution is 14.1. The highest BCUT2D eigenvalue weighted by atomic mass is 127. The van der Waals surface area contributed by atoms with Gasteiger partial charge in [-0.2, -0.15) is 5.10 Å². The fraction of sp³-hybridized carbons (Fsp3) is 0.182. The number of H-pyrrole nitrogens is 1. The molecule has 0 saturated heterocycles. The van der Waals surface area contributed by atoms with Crippen LogP contribution in [0.4, 0.5) is 0 Å². The normalized spacial score (nSPS) is 12.2. The van der Waals surface area contributed by atoms with E-state index in [1.807, 2.05) is 31.3 Å². The molecule has 4 rings (SSSR count). The minimum absolute atomic E-state index is 0.195. The highest BCUT2D eigenvalue weighted by Gasteiger charge is 2.12. The van der Waals surface area contributed by atoms with Crippen molar-refractivity contribution in [3.63, 3.8) is 0 Å². The molecule has 1 atom stereocenters. The van der Waals surface area contributed by atoms with Crippen LogP contribution < -0.4 is 10.1 Å². The molecule has 0 aliphatic carbocycles. The second kappa shape index (κ2) is 9.11. The summed E-state index contributed by atoms with van der Waals surface area (Å²) in [5.74, 6) is 0.694. The largest absolute Gasteiger partial charge is 0.490 e. The van der Waals surface area contributed by atoms with Gasteiger partial charge in [-0.15, -0.1) is 0 Å². The molecule has 0 amide bonds. The summed E-state index contributed by atoms with van der Waals surface area (Å²) in [6, 6.07) is 18.6. The van der Waals surface area contributed by atoms with Gasteiger partial charge >= 0.3 is 0 Å². The van der Waals surface area contributed by atoms with Crippen LogP contribution in [0, 0.1) is 3.70 Å². The molecule has 0 bridgehead atoms.